The van der Waals surface area contributed by atoms with E-state index in [1.165, 1.54) is 59.2 Å². The standard InChI is InChI=1S/C39H27N3S/c1-3-11-26(12-4-1)34-25-29-20-23-33-36(39(29)43-34)31-15-7-8-16-32(31)42(33)30-21-18-27(19-22-30)37-38(28-13-5-2-6-14-28)41-24-10-9-17-35(41)40-37/h1-25,35,40H. The average Bonchev–Trinajstić information content (AvgIpc) is 3.77. The Balaban J connectivity index is 1.20. The second-order valence-electron chi connectivity index (χ2n) is 11.1. The minimum atomic E-state index is 0.112. The zero-order valence-electron chi connectivity index (χ0n) is 23.3. The molecule has 9 rings (SSSR count). The van der Waals surface area contributed by atoms with Crippen LogP contribution in [0.2, 0.25) is 0 Å². The Hall–Kier alpha value is -5.32. The van der Waals surface area contributed by atoms with Crippen molar-refractivity contribution in [3.05, 3.63) is 163 Å². The highest BCUT2D eigenvalue weighted by Gasteiger charge is 2.31. The van der Waals surface area contributed by atoms with Crippen LogP contribution >= 0.6 is 11.3 Å². The number of hydrogen-bond acceptors (Lipinski definition) is 3. The van der Waals surface area contributed by atoms with E-state index in [9.17, 15) is 0 Å². The zero-order chi connectivity index (χ0) is 28.3. The summed E-state index contributed by atoms with van der Waals surface area (Å²) in [6.07, 6.45) is 8.69. The molecule has 0 amide bonds. The summed E-state index contributed by atoms with van der Waals surface area (Å²) in [5.41, 5.74) is 9.61. The fourth-order valence-corrected chi connectivity index (χ4v) is 7.85. The molecule has 204 valence electrons. The molecule has 3 nitrogen and oxygen atoms in total. The van der Waals surface area contributed by atoms with E-state index in [-0.39, 0.29) is 6.17 Å². The molecule has 0 aliphatic carbocycles. The van der Waals surface area contributed by atoms with Crippen molar-refractivity contribution in [2.45, 2.75) is 6.17 Å². The Kier molecular flexibility index (Phi) is 5.43. The molecule has 5 aromatic carbocycles. The molecule has 4 heteroatoms. The van der Waals surface area contributed by atoms with Gasteiger partial charge in [0.05, 0.1) is 22.4 Å². The van der Waals surface area contributed by atoms with Crippen LogP contribution in [-0.2, 0) is 0 Å². The highest BCUT2D eigenvalue weighted by atomic mass is 32.1. The third-order valence-electron chi connectivity index (χ3n) is 8.58. The lowest BCUT2D eigenvalue weighted by Gasteiger charge is -2.25. The normalized spacial score (nSPS) is 16.0. The number of nitrogens with one attached hydrogen (secondary N) is 1. The van der Waals surface area contributed by atoms with Gasteiger partial charge in [-0.05, 0) is 59.0 Å². The highest BCUT2D eigenvalue weighted by molar-refractivity contribution is 7.23. The molecular weight excluding hydrogens is 543 g/mol. The van der Waals surface area contributed by atoms with Crippen molar-refractivity contribution in [2.75, 3.05) is 0 Å². The Morgan fingerprint density at radius 1 is 0.628 bits per heavy atom. The minimum absolute atomic E-state index is 0.112. The molecule has 7 aromatic rings. The van der Waals surface area contributed by atoms with Crippen molar-refractivity contribution < 1.29 is 0 Å². The second-order valence-corrected chi connectivity index (χ2v) is 12.1. The van der Waals surface area contributed by atoms with Gasteiger partial charge in [0.1, 0.15) is 6.17 Å². The van der Waals surface area contributed by atoms with Gasteiger partial charge >= 0.3 is 0 Å². The van der Waals surface area contributed by atoms with Crippen LogP contribution in [0, 0.1) is 0 Å². The third kappa shape index (κ3) is 3.80. The van der Waals surface area contributed by atoms with Crippen LogP contribution in [-0.4, -0.2) is 15.6 Å². The van der Waals surface area contributed by atoms with E-state index in [0.29, 0.717) is 0 Å². The molecule has 0 fully saturated rings. The van der Waals surface area contributed by atoms with Crippen molar-refractivity contribution >= 4 is 54.6 Å². The van der Waals surface area contributed by atoms with Gasteiger partial charge in [-0.15, -0.1) is 11.3 Å². The van der Waals surface area contributed by atoms with Crippen LogP contribution < -0.4 is 5.32 Å². The molecule has 2 aliphatic rings. The van der Waals surface area contributed by atoms with Crippen LogP contribution in [0.25, 0.3) is 59.4 Å². The summed E-state index contributed by atoms with van der Waals surface area (Å²) in [5.74, 6) is 0. The smallest absolute Gasteiger partial charge is 0.123 e. The number of thiophene rings is 1. The minimum Gasteiger partial charge on any atom is -0.359 e. The predicted octanol–water partition coefficient (Wildman–Crippen LogP) is 9.81. The van der Waals surface area contributed by atoms with Gasteiger partial charge in [-0.3, -0.25) is 0 Å². The van der Waals surface area contributed by atoms with E-state index in [0.717, 1.165) is 11.4 Å². The number of hydrogen-bond donors (Lipinski definition) is 1. The van der Waals surface area contributed by atoms with Crippen LogP contribution in [0.3, 0.4) is 0 Å². The van der Waals surface area contributed by atoms with E-state index < -0.39 is 0 Å². The van der Waals surface area contributed by atoms with Crippen LogP contribution in [0.5, 0.6) is 0 Å². The van der Waals surface area contributed by atoms with Gasteiger partial charge in [0, 0.05) is 37.8 Å². The number of allylic oxidation sites excluding steroid dienone is 2. The number of para-hydroxylation sites is 1. The number of aromatic nitrogens is 1. The highest BCUT2D eigenvalue weighted by Crippen LogP contribution is 2.43. The van der Waals surface area contributed by atoms with Gasteiger partial charge in [-0.2, -0.15) is 0 Å². The van der Waals surface area contributed by atoms with Crippen LogP contribution in [0.1, 0.15) is 11.1 Å². The summed E-state index contributed by atoms with van der Waals surface area (Å²) in [7, 11) is 0. The van der Waals surface area contributed by atoms with Gasteiger partial charge in [-0.1, -0.05) is 103 Å². The van der Waals surface area contributed by atoms with E-state index in [1.807, 2.05) is 11.3 Å². The van der Waals surface area contributed by atoms with Crippen LogP contribution in [0.4, 0.5) is 0 Å². The van der Waals surface area contributed by atoms with Gasteiger partial charge in [-0.25, -0.2) is 0 Å². The molecule has 2 aliphatic heterocycles. The van der Waals surface area contributed by atoms with Crippen molar-refractivity contribution in [2.24, 2.45) is 0 Å². The summed E-state index contributed by atoms with van der Waals surface area (Å²) < 4.78 is 3.76. The monoisotopic (exact) mass is 569 g/mol. The molecule has 43 heavy (non-hydrogen) atoms. The van der Waals surface area contributed by atoms with Crippen molar-refractivity contribution in [3.63, 3.8) is 0 Å². The molecule has 0 saturated carbocycles. The Morgan fingerprint density at radius 2 is 1.37 bits per heavy atom. The summed E-state index contributed by atoms with van der Waals surface area (Å²) in [5, 5.41) is 7.68. The predicted molar refractivity (Wildman–Crippen MR) is 182 cm³/mol. The van der Waals surface area contributed by atoms with Gasteiger partial charge < -0.3 is 14.8 Å². The average molecular weight is 570 g/mol. The first-order valence-electron chi connectivity index (χ1n) is 14.6. The van der Waals surface area contributed by atoms with Gasteiger partial charge in [0.2, 0.25) is 0 Å². The second kappa shape index (κ2) is 9.62. The van der Waals surface area contributed by atoms with E-state index in [4.69, 9.17) is 0 Å². The fourth-order valence-electron chi connectivity index (χ4n) is 6.63. The molecule has 4 heterocycles. The first-order valence-corrected chi connectivity index (χ1v) is 15.5. The molecule has 1 atom stereocenters. The first-order chi connectivity index (χ1) is 21.3. The lowest BCUT2D eigenvalue weighted by molar-refractivity contribution is 0.443. The maximum absolute atomic E-state index is 3.77. The van der Waals surface area contributed by atoms with Crippen molar-refractivity contribution in [3.8, 4) is 16.1 Å². The van der Waals surface area contributed by atoms with E-state index >= 15 is 0 Å². The summed E-state index contributed by atoms with van der Waals surface area (Å²) in [4.78, 5) is 3.62. The third-order valence-corrected chi connectivity index (χ3v) is 9.80. The zero-order valence-corrected chi connectivity index (χ0v) is 24.1. The molecule has 1 N–H and O–H groups in total. The lowest BCUT2D eigenvalue weighted by Crippen LogP contribution is -2.32. The number of rotatable bonds is 4. The topological polar surface area (TPSA) is 20.2 Å². The van der Waals surface area contributed by atoms with Gasteiger partial charge in [0.25, 0.3) is 0 Å². The largest absolute Gasteiger partial charge is 0.359 e. The number of fused-ring (bicyclic) bond motifs is 6. The Morgan fingerprint density at radius 3 is 2.19 bits per heavy atom. The number of benzene rings is 5. The fraction of sp³-hybridized carbons (Fsp3) is 0.0256. The first kappa shape index (κ1) is 24.3. The summed E-state index contributed by atoms with van der Waals surface area (Å²) in [6, 6.07) is 46.1. The number of nitrogens with zero attached hydrogens (tertiary/aromatic N) is 2. The Bertz CT molecular complexity index is 2250. The molecule has 0 spiro atoms. The molecule has 2 aromatic heterocycles. The van der Waals surface area contributed by atoms with Crippen LogP contribution in [0.15, 0.2) is 152 Å². The Labute approximate surface area is 253 Å². The van der Waals surface area contributed by atoms with E-state index in [1.54, 1.807) is 0 Å². The summed E-state index contributed by atoms with van der Waals surface area (Å²) >= 11 is 1.89. The van der Waals surface area contributed by atoms with E-state index in [2.05, 4.69) is 167 Å². The maximum atomic E-state index is 3.77. The van der Waals surface area contributed by atoms with Crippen molar-refractivity contribution in [1.29, 1.82) is 0 Å². The molecule has 0 radical (unpaired) electrons. The van der Waals surface area contributed by atoms with Crippen molar-refractivity contribution in [1.82, 2.24) is 14.8 Å². The lowest BCUT2D eigenvalue weighted by atomic mass is 10.0. The summed E-state index contributed by atoms with van der Waals surface area (Å²) in [6.45, 7) is 0. The molecule has 1 unspecified atom stereocenters. The molecule has 0 bridgehead atoms. The molecular formula is C39H27N3S. The van der Waals surface area contributed by atoms with Gasteiger partial charge in [0.15, 0.2) is 0 Å². The quantitative estimate of drug-likeness (QED) is 0.228. The molecule has 0 saturated heterocycles. The SMILES string of the molecule is C1=CC2NC(c3ccc(-n4c5ccccc5c5c6sc(-c7ccccc7)cc6ccc54)cc3)=C(c3ccccc3)N2C=C1. The maximum Gasteiger partial charge on any atom is 0.123 e.